The molecule has 0 saturated heterocycles. The zero-order chi connectivity index (χ0) is 10.6. The number of nitrogens with two attached hydrogens (primary N) is 1. The second-order valence-electron chi connectivity index (χ2n) is 2.98. The topological polar surface area (TPSA) is 63.3 Å². The summed E-state index contributed by atoms with van der Waals surface area (Å²) in [5.74, 6) is -1.03. The summed E-state index contributed by atoms with van der Waals surface area (Å²) in [5, 5.41) is 8.83. The fourth-order valence-corrected chi connectivity index (χ4v) is 1.29. The van der Waals surface area contributed by atoms with Crippen LogP contribution >= 0.6 is 12.4 Å². The fraction of sp³-hybridized carbons (Fsp3) is 0.300. The van der Waals surface area contributed by atoms with Gasteiger partial charge in [-0.25, -0.2) is 4.79 Å². The van der Waals surface area contributed by atoms with Gasteiger partial charge in [-0.3, -0.25) is 4.39 Å². The van der Waals surface area contributed by atoms with Crippen LogP contribution in [0.2, 0.25) is 0 Å². The van der Waals surface area contributed by atoms with E-state index in [2.05, 4.69) is 0 Å². The van der Waals surface area contributed by atoms with E-state index in [-0.39, 0.29) is 24.4 Å². The summed E-state index contributed by atoms with van der Waals surface area (Å²) in [7, 11) is 0. The molecule has 0 radical (unpaired) electrons. The fourth-order valence-electron chi connectivity index (χ4n) is 1.29. The molecule has 0 saturated carbocycles. The molecular weight excluding hydrogens is 221 g/mol. The highest BCUT2D eigenvalue weighted by molar-refractivity contribution is 5.89. The summed E-state index contributed by atoms with van der Waals surface area (Å²) < 4.78 is 12.0. The van der Waals surface area contributed by atoms with E-state index in [9.17, 15) is 9.18 Å². The van der Waals surface area contributed by atoms with Gasteiger partial charge in [-0.05, 0) is 18.1 Å². The maximum atomic E-state index is 12.0. The van der Waals surface area contributed by atoms with Crippen LogP contribution in [-0.4, -0.2) is 17.8 Å². The summed E-state index contributed by atoms with van der Waals surface area (Å²) in [6, 6.07) is 5.85. The first-order valence-electron chi connectivity index (χ1n) is 4.30. The van der Waals surface area contributed by atoms with Crippen molar-refractivity contribution in [2.45, 2.75) is 12.5 Å². The summed E-state index contributed by atoms with van der Waals surface area (Å²) in [6.45, 7) is -0.547. The van der Waals surface area contributed by atoms with Crippen LogP contribution in [0.15, 0.2) is 24.3 Å². The molecule has 1 atom stereocenters. The molecule has 0 fully saturated rings. The van der Waals surface area contributed by atoms with Crippen LogP contribution in [0.1, 0.15) is 28.4 Å². The highest BCUT2D eigenvalue weighted by Gasteiger charge is 2.14. The number of benzene rings is 1. The Balaban J connectivity index is 0.00000196. The Kier molecular flexibility index (Phi) is 5.89. The van der Waals surface area contributed by atoms with Crippen molar-refractivity contribution in [1.29, 1.82) is 0 Å². The van der Waals surface area contributed by atoms with Crippen molar-refractivity contribution in [3.05, 3.63) is 35.4 Å². The lowest BCUT2D eigenvalue weighted by Crippen LogP contribution is -2.15. The second-order valence-corrected chi connectivity index (χ2v) is 2.98. The monoisotopic (exact) mass is 233 g/mol. The van der Waals surface area contributed by atoms with Crippen LogP contribution in [0.4, 0.5) is 4.39 Å². The molecule has 0 bridgehead atoms. The molecule has 0 aliphatic rings. The Hall–Kier alpha value is -1.13. The van der Waals surface area contributed by atoms with Gasteiger partial charge < -0.3 is 10.8 Å². The SMILES string of the molecule is Cl.N[C@H](CCF)c1ccccc1C(=O)O. The molecule has 1 aromatic rings. The van der Waals surface area contributed by atoms with Crippen LogP contribution in [0.3, 0.4) is 0 Å². The van der Waals surface area contributed by atoms with Crippen molar-refractivity contribution in [3.8, 4) is 0 Å². The van der Waals surface area contributed by atoms with Crippen molar-refractivity contribution in [2.75, 3.05) is 6.67 Å². The molecule has 1 aromatic carbocycles. The number of carbonyl (C=O) groups is 1. The molecule has 84 valence electrons. The summed E-state index contributed by atoms with van der Waals surface area (Å²) >= 11 is 0. The average Bonchev–Trinajstić information content (AvgIpc) is 2.18. The summed E-state index contributed by atoms with van der Waals surface area (Å²) in [5.41, 5.74) is 6.27. The number of hydrogen-bond donors (Lipinski definition) is 2. The van der Waals surface area contributed by atoms with Crippen LogP contribution in [0.5, 0.6) is 0 Å². The van der Waals surface area contributed by atoms with E-state index in [4.69, 9.17) is 10.8 Å². The maximum Gasteiger partial charge on any atom is 0.336 e. The predicted octanol–water partition coefficient (Wildman–Crippen LogP) is 2.17. The van der Waals surface area contributed by atoms with Gasteiger partial charge in [-0.15, -0.1) is 12.4 Å². The predicted molar refractivity (Wildman–Crippen MR) is 58.2 cm³/mol. The van der Waals surface area contributed by atoms with Crippen molar-refractivity contribution < 1.29 is 14.3 Å². The minimum Gasteiger partial charge on any atom is -0.478 e. The molecule has 3 N–H and O–H groups in total. The average molecular weight is 234 g/mol. The lowest BCUT2D eigenvalue weighted by Gasteiger charge is -2.12. The van der Waals surface area contributed by atoms with E-state index in [0.717, 1.165) is 0 Å². The van der Waals surface area contributed by atoms with Gasteiger partial charge in [-0.1, -0.05) is 18.2 Å². The molecule has 1 rings (SSSR count). The number of hydrogen-bond acceptors (Lipinski definition) is 2. The highest BCUT2D eigenvalue weighted by atomic mass is 35.5. The molecule has 0 unspecified atom stereocenters. The molecule has 15 heavy (non-hydrogen) atoms. The van der Waals surface area contributed by atoms with Gasteiger partial charge in [0.05, 0.1) is 12.2 Å². The Morgan fingerprint density at radius 1 is 1.47 bits per heavy atom. The van der Waals surface area contributed by atoms with E-state index < -0.39 is 18.7 Å². The van der Waals surface area contributed by atoms with Crippen LogP contribution < -0.4 is 5.73 Å². The molecular formula is C10H13ClFNO2. The molecule has 5 heteroatoms. The third-order valence-electron chi connectivity index (χ3n) is 2.01. The first-order valence-corrected chi connectivity index (χ1v) is 4.30. The Morgan fingerprint density at radius 2 is 2.07 bits per heavy atom. The summed E-state index contributed by atoms with van der Waals surface area (Å²) in [6.07, 6.45) is 0.143. The van der Waals surface area contributed by atoms with Crippen molar-refractivity contribution in [2.24, 2.45) is 5.73 Å². The zero-order valence-corrected chi connectivity index (χ0v) is 8.84. The van der Waals surface area contributed by atoms with E-state index in [1.807, 2.05) is 0 Å². The number of carboxylic acids is 1. The smallest absolute Gasteiger partial charge is 0.336 e. The van der Waals surface area contributed by atoms with Gasteiger partial charge in [0.15, 0.2) is 0 Å². The van der Waals surface area contributed by atoms with Crippen molar-refractivity contribution in [3.63, 3.8) is 0 Å². The van der Waals surface area contributed by atoms with Gasteiger partial charge in [0.25, 0.3) is 0 Å². The molecule has 0 aromatic heterocycles. The second kappa shape index (κ2) is 6.37. The van der Waals surface area contributed by atoms with Gasteiger partial charge in [0.2, 0.25) is 0 Å². The largest absolute Gasteiger partial charge is 0.478 e. The van der Waals surface area contributed by atoms with E-state index in [1.165, 1.54) is 6.07 Å². The van der Waals surface area contributed by atoms with E-state index >= 15 is 0 Å². The first-order chi connectivity index (χ1) is 6.66. The van der Waals surface area contributed by atoms with Crippen LogP contribution in [-0.2, 0) is 0 Å². The first kappa shape index (κ1) is 13.9. The van der Waals surface area contributed by atoms with Gasteiger partial charge >= 0.3 is 5.97 Å². The maximum absolute atomic E-state index is 12.0. The van der Waals surface area contributed by atoms with Crippen LogP contribution in [0.25, 0.3) is 0 Å². The number of carboxylic acid groups (broad SMARTS) is 1. The molecule has 3 nitrogen and oxygen atoms in total. The number of rotatable bonds is 4. The van der Waals surface area contributed by atoms with Crippen molar-refractivity contribution >= 4 is 18.4 Å². The Bertz CT molecular complexity index is 333. The Labute approximate surface area is 93.5 Å². The van der Waals surface area contributed by atoms with Gasteiger partial charge in [0, 0.05) is 6.04 Å². The lowest BCUT2D eigenvalue weighted by atomic mass is 9.99. The molecule has 0 aliphatic heterocycles. The molecule has 0 amide bonds. The zero-order valence-electron chi connectivity index (χ0n) is 8.02. The Morgan fingerprint density at radius 3 is 2.60 bits per heavy atom. The number of alkyl halides is 1. The molecule has 0 spiro atoms. The summed E-state index contributed by atoms with van der Waals surface area (Å²) in [4.78, 5) is 10.8. The molecule has 0 aliphatic carbocycles. The standard InChI is InChI=1S/C10H12FNO2.ClH/c11-6-5-9(12)7-3-1-2-4-8(7)10(13)14;/h1-4,9H,5-6,12H2,(H,13,14);1H/t9-;/m1./s1. The number of halogens is 2. The van der Waals surface area contributed by atoms with E-state index in [1.54, 1.807) is 18.2 Å². The third-order valence-corrected chi connectivity index (χ3v) is 2.01. The quantitative estimate of drug-likeness (QED) is 0.838. The number of aromatic carboxylic acids is 1. The van der Waals surface area contributed by atoms with Crippen molar-refractivity contribution in [1.82, 2.24) is 0 Å². The van der Waals surface area contributed by atoms with Gasteiger partial charge in [-0.2, -0.15) is 0 Å². The van der Waals surface area contributed by atoms with Crippen LogP contribution in [0, 0.1) is 0 Å². The highest BCUT2D eigenvalue weighted by Crippen LogP contribution is 2.18. The minimum absolute atomic E-state index is 0. The minimum atomic E-state index is -1.03. The van der Waals surface area contributed by atoms with E-state index in [0.29, 0.717) is 5.56 Å². The molecule has 0 heterocycles. The normalized spacial score (nSPS) is 11.6. The van der Waals surface area contributed by atoms with Gasteiger partial charge in [0.1, 0.15) is 0 Å². The lowest BCUT2D eigenvalue weighted by molar-refractivity contribution is 0.0695. The third kappa shape index (κ3) is 3.49.